The zero-order valence-electron chi connectivity index (χ0n) is 14.2. The summed E-state index contributed by atoms with van der Waals surface area (Å²) in [5, 5.41) is 0. The second-order valence-corrected chi connectivity index (χ2v) is 9.98. The lowest BCUT2D eigenvalue weighted by Crippen LogP contribution is -2.42. The minimum atomic E-state index is -3.38. The molecule has 0 bridgehead atoms. The van der Waals surface area contributed by atoms with Crippen LogP contribution < -0.4 is 0 Å². The summed E-state index contributed by atoms with van der Waals surface area (Å²) < 4.78 is 31.0. The normalized spacial score (nSPS) is 16.9. The van der Waals surface area contributed by atoms with Crippen molar-refractivity contribution in [2.24, 2.45) is 5.92 Å². The van der Waals surface area contributed by atoms with E-state index in [1.54, 1.807) is 17.2 Å². The van der Waals surface area contributed by atoms with Crippen LogP contribution in [-0.4, -0.2) is 48.8 Å². The van der Waals surface area contributed by atoms with Crippen LogP contribution in [-0.2, 0) is 14.6 Å². The van der Waals surface area contributed by atoms with Crippen molar-refractivity contribution < 1.29 is 17.9 Å². The van der Waals surface area contributed by atoms with Crippen LogP contribution in [0.1, 0.15) is 33.6 Å². The number of pyridine rings is 1. The summed E-state index contributed by atoms with van der Waals surface area (Å²) in [6.45, 7) is 6.53. The molecule has 1 amide bonds. The highest BCUT2D eigenvalue weighted by molar-refractivity contribution is 9.10. The summed E-state index contributed by atoms with van der Waals surface area (Å²) in [5.74, 6) is 0.112. The molecule has 0 aliphatic carbocycles. The van der Waals surface area contributed by atoms with Gasteiger partial charge in [-0.25, -0.2) is 13.2 Å². The van der Waals surface area contributed by atoms with Crippen LogP contribution in [0.4, 0.5) is 4.79 Å². The van der Waals surface area contributed by atoms with Crippen molar-refractivity contribution in [3.8, 4) is 0 Å². The van der Waals surface area contributed by atoms with Gasteiger partial charge in [0.05, 0.1) is 10.6 Å². The lowest BCUT2D eigenvalue weighted by Gasteiger charge is -2.33. The predicted molar refractivity (Wildman–Crippen MR) is 94.5 cm³/mol. The molecule has 0 spiro atoms. The Bertz CT molecular complexity index is 692. The molecule has 0 N–H and O–H groups in total. The largest absolute Gasteiger partial charge is 0.444 e. The molecule has 0 atom stereocenters. The summed E-state index contributed by atoms with van der Waals surface area (Å²) in [4.78, 5) is 17.8. The van der Waals surface area contributed by atoms with Gasteiger partial charge < -0.3 is 9.64 Å². The van der Waals surface area contributed by atoms with Crippen LogP contribution in [0.15, 0.2) is 27.8 Å². The number of carbonyl (C=O) groups excluding carboxylic acids is 1. The quantitative estimate of drug-likeness (QED) is 0.752. The van der Waals surface area contributed by atoms with Gasteiger partial charge in [-0.15, -0.1) is 0 Å². The number of amides is 1. The van der Waals surface area contributed by atoms with Crippen LogP contribution in [0.25, 0.3) is 0 Å². The van der Waals surface area contributed by atoms with E-state index in [2.05, 4.69) is 20.9 Å². The molecule has 6 nitrogen and oxygen atoms in total. The molecule has 1 saturated heterocycles. The van der Waals surface area contributed by atoms with Gasteiger partial charge in [0.2, 0.25) is 0 Å². The first-order valence-corrected chi connectivity index (χ1v) is 10.3. The summed E-state index contributed by atoms with van der Waals surface area (Å²) in [6, 6.07) is 1.57. The zero-order valence-corrected chi connectivity index (χ0v) is 16.6. The van der Waals surface area contributed by atoms with Gasteiger partial charge in [-0.2, -0.15) is 0 Å². The number of hydrogen-bond acceptors (Lipinski definition) is 5. The molecule has 1 fully saturated rings. The highest BCUT2D eigenvalue weighted by Crippen LogP contribution is 2.24. The fourth-order valence-corrected chi connectivity index (χ4v) is 4.77. The number of likely N-dealkylation sites (tertiary alicyclic amines) is 1. The minimum Gasteiger partial charge on any atom is -0.444 e. The average Bonchev–Trinajstić information content (AvgIpc) is 2.46. The molecule has 8 heteroatoms. The molecule has 0 saturated carbocycles. The lowest BCUT2D eigenvalue weighted by atomic mass is 9.99. The van der Waals surface area contributed by atoms with E-state index in [9.17, 15) is 13.2 Å². The van der Waals surface area contributed by atoms with E-state index in [0.717, 1.165) is 0 Å². The molecule has 134 valence electrons. The average molecular weight is 419 g/mol. The fraction of sp³-hybridized carbons (Fsp3) is 0.625. The van der Waals surface area contributed by atoms with Crippen LogP contribution in [0, 0.1) is 5.92 Å². The number of rotatable bonds is 3. The van der Waals surface area contributed by atoms with Gasteiger partial charge in [-0.3, -0.25) is 4.98 Å². The molecule has 2 heterocycles. The maximum Gasteiger partial charge on any atom is 0.410 e. The molecule has 0 radical (unpaired) electrons. The Balaban J connectivity index is 1.92. The smallest absolute Gasteiger partial charge is 0.410 e. The van der Waals surface area contributed by atoms with Gasteiger partial charge in [0.25, 0.3) is 0 Å². The number of sulfone groups is 1. The number of carbonyl (C=O) groups is 1. The molecule has 1 aromatic heterocycles. The number of ether oxygens (including phenoxy) is 1. The third-order valence-electron chi connectivity index (χ3n) is 3.76. The fourth-order valence-electron chi connectivity index (χ4n) is 2.58. The molecule has 0 unspecified atom stereocenters. The Morgan fingerprint density at radius 3 is 2.50 bits per heavy atom. The number of piperidine rings is 1. The second kappa shape index (κ2) is 7.39. The van der Waals surface area contributed by atoms with Gasteiger partial charge >= 0.3 is 6.09 Å². The zero-order chi connectivity index (χ0) is 18.0. The van der Waals surface area contributed by atoms with Crippen molar-refractivity contribution in [1.82, 2.24) is 9.88 Å². The Labute approximate surface area is 151 Å². The van der Waals surface area contributed by atoms with E-state index < -0.39 is 15.4 Å². The van der Waals surface area contributed by atoms with Gasteiger partial charge in [0, 0.05) is 30.0 Å². The molecule has 1 aliphatic rings. The maximum absolute atomic E-state index is 12.5. The SMILES string of the molecule is CC(C)(C)OC(=O)N1CCC(CS(=O)(=O)c2cncc(Br)c2)CC1. The van der Waals surface area contributed by atoms with Crippen LogP contribution >= 0.6 is 15.9 Å². The maximum atomic E-state index is 12.5. The summed E-state index contributed by atoms with van der Waals surface area (Å²) >= 11 is 3.24. The highest BCUT2D eigenvalue weighted by Gasteiger charge is 2.29. The van der Waals surface area contributed by atoms with Crippen molar-refractivity contribution in [3.63, 3.8) is 0 Å². The van der Waals surface area contributed by atoms with Crippen LogP contribution in [0.5, 0.6) is 0 Å². The summed E-state index contributed by atoms with van der Waals surface area (Å²) in [7, 11) is -3.38. The predicted octanol–water partition coefficient (Wildman–Crippen LogP) is 3.26. The van der Waals surface area contributed by atoms with Crippen molar-refractivity contribution in [2.75, 3.05) is 18.8 Å². The first-order valence-electron chi connectivity index (χ1n) is 7.88. The number of halogens is 1. The van der Waals surface area contributed by atoms with Crippen LogP contribution in [0.2, 0.25) is 0 Å². The van der Waals surface area contributed by atoms with E-state index in [1.807, 2.05) is 20.8 Å². The standard InChI is InChI=1S/C16H23BrN2O4S/c1-16(2,3)23-15(20)19-6-4-12(5-7-19)11-24(21,22)14-8-13(17)9-18-10-14/h8-10,12H,4-7,11H2,1-3H3. The van der Waals surface area contributed by atoms with Gasteiger partial charge in [0.1, 0.15) is 5.60 Å². The highest BCUT2D eigenvalue weighted by atomic mass is 79.9. The topological polar surface area (TPSA) is 76.6 Å². The van der Waals surface area contributed by atoms with Crippen molar-refractivity contribution in [3.05, 3.63) is 22.9 Å². The summed E-state index contributed by atoms with van der Waals surface area (Å²) in [5.41, 5.74) is -0.523. The first kappa shape index (κ1) is 19.2. The molecular weight excluding hydrogens is 396 g/mol. The molecular formula is C16H23BrN2O4S. The Morgan fingerprint density at radius 2 is 1.96 bits per heavy atom. The third-order valence-corrected chi connectivity index (χ3v) is 6.05. The number of nitrogens with zero attached hydrogens (tertiary/aromatic N) is 2. The Morgan fingerprint density at radius 1 is 1.33 bits per heavy atom. The number of hydrogen-bond donors (Lipinski definition) is 0. The first-order chi connectivity index (χ1) is 11.1. The lowest BCUT2D eigenvalue weighted by molar-refractivity contribution is 0.0191. The van der Waals surface area contributed by atoms with Crippen LogP contribution in [0.3, 0.4) is 0 Å². The third kappa shape index (κ3) is 5.44. The number of aromatic nitrogens is 1. The van der Waals surface area contributed by atoms with Gasteiger partial charge in [-0.05, 0) is 61.5 Å². The summed E-state index contributed by atoms with van der Waals surface area (Å²) in [6.07, 6.45) is 3.90. The van der Waals surface area contributed by atoms with Crippen molar-refractivity contribution >= 4 is 31.9 Å². The minimum absolute atomic E-state index is 0.0349. The second-order valence-electron chi connectivity index (χ2n) is 7.03. The van der Waals surface area contributed by atoms with Gasteiger partial charge in [0.15, 0.2) is 9.84 Å². The van der Waals surface area contributed by atoms with E-state index in [4.69, 9.17) is 4.74 Å². The molecule has 0 aromatic carbocycles. The molecule has 1 aromatic rings. The van der Waals surface area contributed by atoms with Crippen molar-refractivity contribution in [1.29, 1.82) is 0 Å². The van der Waals surface area contributed by atoms with E-state index >= 15 is 0 Å². The molecule has 24 heavy (non-hydrogen) atoms. The molecule has 2 rings (SSSR count). The van der Waals surface area contributed by atoms with E-state index in [1.165, 1.54) is 6.20 Å². The van der Waals surface area contributed by atoms with E-state index in [0.29, 0.717) is 30.4 Å². The van der Waals surface area contributed by atoms with Gasteiger partial charge in [-0.1, -0.05) is 0 Å². The monoisotopic (exact) mass is 418 g/mol. The van der Waals surface area contributed by atoms with E-state index in [-0.39, 0.29) is 22.7 Å². The Kier molecular flexibility index (Phi) is 5.91. The van der Waals surface area contributed by atoms with Crippen molar-refractivity contribution in [2.45, 2.75) is 44.1 Å². The Hall–Kier alpha value is -1.15. The molecule has 1 aliphatic heterocycles.